The molecule has 1 aromatic rings. The van der Waals surface area contributed by atoms with Gasteiger partial charge in [0, 0.05) is 12.6 Å². The second kappa shape index (κ2) is 6.91. The Morgan fingerprint density at radius 1 is 1.11 bits per heavy atom. The van der Waals surface area contributed by atoms with Crippen LogP contribution in [0.15, 0.2) is 30.3 Å². The zero-order valence-corrected chi connectivity index (χ0v) is 11.4. The largest absolute Gasteiger partial charge is 0.391 e. The van der Waals surface area contributed by atoms with Crippen molar-refractivity contribution in [3.05, 3.63) is 35.9 Å². The third-order valence-electron chi connectivity index (χ3n) is 4.11. The molecule has 0 bridgehead atoms. The summed E-state index contributed by atoms with van der Waals surface area (Å²) < 4.78 is 0. The highest BCUT2D eigenvalue weighted by atomic mass is 16.3. The first-order valence-corrected chi connectivity index (χ1v) is 7.19. The maximum absolute atomic E-state index is 10.2. The van der Waals surface area contributed by atoms with Gasteiger partial charge in [-0.15, -0.1) is 0 Å². The zero-order chi connectivity index (χ0) is 12.8. The quantitative estimate of drug-likeness (QED) is 0.827. The van der Waals surface area contributed by atoms with E-state index in [1.165, 1.54) is 24.8 Å². The molecule has 1 saturated carbocycles. The SMILES string of the molecule is CN(CCc1ccccc1)C1CCCCCC1O. The fraction of sp³-hybridized carbons (Fsp3) is 0.625. The number of rotatable bonds is 4. The Balaban J connectivity index is 1.84. The van der Waals surface area contributed by atoms with Gasteiger partial charge in [0.1, 0.15) is 0 Å². The first-order chi connectivity index (χ1) is 8.77. The number of aliphatic hydroxyl groups is 1. The summed E-state index contributed by atoms with van der Waals surface area (Å²) in [5.74, 6) is 0. The molecule has 1 aromatic carbocycles. The molecular formula is C16H25NO. The van der Waals surface area contributed by atoms with Crippen molar-refractivity contribution in [2.24, 2.45) is 0 Å². The topological polar surface area (TPSA) is 23.5 Å². The second-order valence-electron chi connectivity index (χ2n) is 5.49. The molecule has 18 heavy (non-hydrogen) atoms. The van der Waals surface area contributed by atoms with Crippen LogP contribution in [0.4, 0.5) is 0 Å². The lowest BCUT2D eigenvalue weighted by atomic mass is 10.0. The third-order valence-corrected chi connectivity index (χ3v) is 4.11. The van der Waals surface area contributed by atoms with Crippen LogP contribution in [0.1, 0.15) is 37.7 Å². The van der Waals surface area contributed by atoms with E-state index < -0.39 is 0 Å². The normalized spacial score (nSPS) is 25.1. The molecule has 1 N–H and O–H groups in total. The van der Waals surface area contributed by atoms with Gasteiger partial charge in [0.2, 0.25) is 0 Å². The predicted octanol–water partition coefficient (Wildman–Crippen LogP) is 2.85. The Hall–Kier alpha value is -0.860. The van der Waals surface area contributed by atoms with Crippen molar-refractivity contribution in [3.8, 4) is 0 Å². The number of aliphatic hydroxyl groups excluding tert-OH is 1. The monoisotopic (exact) mass is 247 g/mol. The first kappa shape index (κ1) is 13.6. The molecular weight excluding hydrogens is 222 g/mol. The molecule has 0 saturated heterocycles. The summed E-state index contributed by atoms with van der Waals surface area (Å²) in [7, 11) is 2.15. The van der Waals surface area contributed by atoms with Crippen molar-refractivity contribution in [1.29, 1.82) is 0 Å². The third kappa shape index (κ3) is 3.82. The number of benzene rings is 1. The summed E-state index contributed by atoms with van der Waals surface area (Å²) in [6, 6.07) is 11.0. The van der Waals surface area contributed by atoms with E-state index in [0.717, 1.165) is 25.8 Å². The molecule has 2 heteroatoms. The summed E-state index contributed by atoms with van der Waals surface area (Å²) in [6.07, 6.45) is 6.78. The van der Waals surface area contributed by atoms with Crippen molar-refractivity contribution in [2.45, 2.75) is 50.7 Å². The van der Waals surface area contributed by atoms with Gasteiger partial charge in [0.15, 0.2) is 0 Å². The lowest BCUT2D eigenvalue weighted by Gasteiger charge is -2.30. The molecule has 1 fully saturated rings. The molecule has 2 nitrogen and oxygen atoms in total. The van der Waals surface area contributed by atoms with Gasteiger partial charge >= 0.3 is 0 Å². The Bertz CT molecular complexity index is 338. The van der Waals surface area contributed by atoms with E-state index in [4.69, 9.17) is 0 Å². The Kier molecular flexibility index (Phi) is 5.21. The maximum Gasteiger partial charge on any atom is 0.0695 e. The highest BCUT2D eigenvalue weighted by Crippen LogP contribution is 2.21. The van der Waals surface area contributed by atoms with Crippen LogP contribution < -0.4 is 0 Å². The summed E-state index contributed by atoms with van der Waals surface area (Å²) in [5.41, 5.74) is 1.38. The maximum atomic E-state index is 10.2. The van der Waals surface area contributed by atoms with E-state index in [1.807, 2.05) is 0 Å². The molecule has 2 atom stereocenters. The standard InChI is InChI=1S/C16H25NO/c1-17(13-12-14-8-4-2-5-9-14)15-10-6-3-7-11-16(15)18/h2,4-5,8-9,15-16,18H,3,6-7,10-13H2,1H3. The smallest absolute Gasteiger partial charge is 0.0695 e. The van der Waals surface area contributed by atoms with Gasteiger partial charge in [0.05, 0.1) is 6.10 Å². The van der Waals surface area contributed by atoms with Gasteiger partial charge in [-0.2, -0.15) is 0 Å². The van der Waals surface area contributed by atoms with Crippen LogP contribution in [-0.2, 0) is 6.42 Å². The van der Waals surface area contributed by atoms with Crippen molar-refractivity contribution >= 4 is 0 Å². The fourth-order valence-corrected chi connectivity index (χ4v) is 2.90. The molecule has 0 aromatic heterocycles. The number of nitrogens with zero attached hydrogens (tertiary/aromatic N) is 1. The molecule has 100 valence electrons. The van der Waals surface area contributed by atoms with Crippen LogP contribution in [-0.4, -0.2) is 35.7 Å². The van der Waals surface area contributed by atoms with Crippen LogP contribution in [0.2, 0.25) is 0 Å². The minimum Gasteiger partial charge on any atom is -0.391 e. The summed E-state index contributed by atoms with van der Waals surface area (Å²) in [4.78, 5) is 2.35. The zero-order valence-electron chi connectivity index (χ0n) is 11.4. The van der Waals surface area contributed by atoms with Gasteiger partial charge in [-0.3, -0.25) is 0 Å². The summed E-state index contributed by atoms with van der Waals surface area (Å²) in [6.45, 7) is 1.03. The predicted molar refractivity (Wildman–Crippen MR) is 75.7 cm³/mol. The number of likely N-dealkylation sites (N-methyl/N-ethyl adjacent to an activating group) is 1. The van der Waals surface area contributed by atoms with E-state index in [1.54, 1.807) is 0 Å². The minimum atomic E-state index is -0.131. The molecule has 2 unspecified atom stereocenters. The molecule has 0 amide bonds. The van der Waals surface area contributed by atoms with Gasteiger partial charge in [-0.1, -0.05) is 49.6 Å². The van der Waals surface area contributed by atoms with E-state index in [9.17, 15) is 5.11 Å². The van der Waals surface area contributed by atoms with Crippen LogP contribution in [0.25, 0.3) is 0 Å². The van der Waals surface area contributed by atoms with Crippen LogP contribution >= 0.6 is 0 Å². The summed E-state index contributed by atoms with van der Waals surface area (Å²) >= 11 is 0. The Morgan fingerprint density at radius 2 is 1.83 bits per heavy atom. The van der Waals surface area contributed by atoms with Crippen LogP contribution in [0.3, 0.4) is 0 Å². The second-order valence-corrected chi connectivity index (χ2v) is 5.49. The van der Waals surface area contributed by atoms with E-state index in [-0.39, 0.29) is 6.10 Å². The highest BCUT2D eigenvalue weighted by Gasteiger charge is 2.24. The lowest BCUT2D eigenvalue weighted by molar-refractivity contribution is 0.0586. The molecule has 0 spiro atoms. The number of hydrogen-bond donors (Lipinski definition) is 1. The van der Waals surface area contributed by atoms with Crippen molar-refractivity contribution < 1.29 is 5.11 Å². The van der Waals surface area contributed by atoms with E-state index in [2.05, 4.69) is 42.3 Å². The molecule has 1 aliphatic carbocycles. The molecule has 2 rings (SSSR count). The summed E-state index contributed by atoms with van der Waals surface area (Å²) in [5, 5.41) is 10.2. The Morgan fingerprint density at radius 3 is 2.61 bits per heavy atom. The van der Waals surface area contributed by atoms with Crippen molar-refractivity contribution in [3.63, 3.8) is 0 Å². The fourth-order valence-electron chi connectivity index (χ4n) is 2.90. The highest BCUT2D eigenvalue weighted by molar-refractivity contribution is 5.14. The number of hydrogen-bond acceptors (Lipinski definition) is 2. The lowest BCUT2D eigenvalue weighted by Crippen LogP contribution is -2.41. The van der Waals surface area contributed by atoms with Crippen molar-refractivity contribution in [1.82, 2.24) is 4.90 Å². The van der Waals surface area contributed by atoms with E-state index >= 15 is 0 Å². The molecule has 0 radical (unpaired) electrons. The van der Waals surface area contributed by atoms with Gasteiger partial charge in [-0.25, -0.2) is 0 Å². The average Bonchev–Trinajstić information content (AvgIpc) is 2.62. The van der Waals surface area contributed by atoms with E-state index in [0.29, 0.717) is 6.04 Å². The molecule has 0 heterocycles. The van der Waals surface area contributed by atoms with Crippen molar-refractivity contribution in [2.75, 3.05) is 13.6 Å². The van der Waals surface area contributed by atoms with Gasteiger partial charge in [-0.05, 0) is 31.9 Å². The molecule has 1 aliphatic rings. The Labute approximate surface area is 111 Å². The van der Waals surface area contributed by atoms with Crippen LogP contribution in [0.5, 0.6) is 0 Å². The van der Waals surface area contributed by atoms with Gasteiger partial charge < -0.3 is 10.0 Å². The molecule has 0 aliphatic heterocycles. The average molecular weight is 247 g/mol. The van der Waals surface area contributed by atoms with Gasteiger partial charge in [0.25, 0.3) is 0 Å². The van der Waals surface area contributed by atoms with Crippen LogP contribution in [0, 0.1) is 0 Å². The minimum absolute atomic E-state index is 0.131. The first-order valence-electron chi connectivity index (χ1n) is 7.19.